The largest absolute Gasteiger partial charge is 0.497 e. The molecule has 5 nitrogen and oxygen atoms in total. The van der Waals surface area contributed by atoms with Gasteiger partial charge in [-0.1, -0.05) is 39.3 Å². The summed E-state index contributed by atoms with van der Waals surface area (Å²) in [5, 5.41) is 5.57. The summed E-state index contributed by atoms with van der Waals surface area (Å²) in [5.41, 5.74) is 1.28. The monoisotopic (exact) mass is 360 g/mol. The molecular formula is C21H32N2O3. The van der Waals surface area contributed by atoms with Gasteiger partial charge in [0, 0.05) is 12.6 Å². The summed E-state index contributed by atoms with van der Waals surface area (Å²) in [6, 6.07) is 7.51. The van der Waals surface area contributed by atoms with Crippen molar-refractivity contribution in [3.63, 3.8) is 0 Å². The first-order valence-electron chi connectivity index (χ1n) is 9.57. The van der Waals surface area contributed by atoms with Gasteiger partial charge in [-0.25, -0.2) is 0 Å². The number of methoxy groups -OCH3 is 1. The van der Waals surface area contributed by atoms with Gasteiger partial charge < -0.3 is 15.4 Å². The van der Waals surface area contributed by atoms with Crippen molar-refractivity contribution in [2.24, 2.45) is 11.3 Å². The zero-order valence-electron chi connectivity index (χ0n) is 16.4. The highest BCUT2D eigenvalue weighted by Crippen LogP contribution is 2.40. The minimum Gasteiger partial charge on any atom is -0.497 e. The molecule has 1 aromatic rings. The predicted molar refractivity (Wildman–Crippen MR) is 103 cm³/mol. The van der Waals surface area contributed by atoms with Crippen molar-refractivity contribution in [1.29, 1.82) is 0 Å². The van der Waals surface area contributed by atoms with Gasteiger partial charge in [0.05, 0.1) is 7.11 Å². The molecule has 0 unspecified atom stereocenters. The van der Waals surface area contributed by atoms with Crippen LogP contribution in [0, 0.1) is 11.3 Å². The fourth-order valence-electron chi connectivity index (χ4n) is 3.56. The van der Waals surface area contributed by atoms with Crippen LogP contribution in [0.25, 0.3) is 0 Å². The number of carbonyl (C=O) groups excluding carboxylic acids is 2. The van der Waals surface area contributed by atoms with Crippen molar-refractivity contribution in [2.75, 3.05) is 7.11 Å². The summed E-state index contributed by atoms with van der Waals surface area (Å²) in [7, 11) is 1.61. The standard InChI is InChI=1S/C21H32N2O3/c1-5-21(2,3)16-8-10-17(11-9-16)23-20(25)19(24)22-14-15-6-12-18(26-4)13-7-15/h6-7,12-13,16-17H,5,8-11,14H2,1-4H3,(H,22,24)(H,23,25). The molecule has 0 radical (unpaired) electrons. The first-order valence-corrected chi connectivity index (χ1v) is 9.57. The summed E-state index contributed by atoms with van der Waals surface area (Å²) in [6.45, 7) is 7.21. The molecule has 1 aromatic carbocycles. The van der Waals surface area contributed by atoms with E-state index in [0.29, 0.717) is 17.9 Å². The van der Waals surface area contributed by atoms with Crippen LogP contribution in [0.3, 0.4) is 0 Å². The third-order valence-corrected chi connectivity index (χ3v) is 5.90. The lowest BCUT2D eigenvalue weighted by molar-refractivity contribution is -0.139. The van der Waals surface area contributed by atoms with E-state index in [1.54, 1.807) is 7.11 Å². The minimum atomic E-state index is -0.572. The quantitative estimate of drug-likeness (QED) is 0.764. The molecule has 0 aromatic heterocycles. The van der Waals surface area contributed by atoms with Crippen molar-refractivity contribution in [2.45, 2.75) is 65.5 Å². The van der Waals surface area contributed by atoms with Gasteiger partial charge in [-0.3, -0.25) is 9.59 Å². The number of carbonyl (C=O) groups is 2. The van der Waals surface area contributed by atoms with E-state index in [0.717, 1.165) is 37.0 Å². The van der Waals surface area contributed by atoms with Crippen molar-refractivity contribution >= 4 is 11.8 Å². The van der Waals surface area contributed by atoms with Gasteiger partial charge in [0.2, 0.25) is 0 Å². The summed E-state index contributed by atoms with van der Waals surface area (Å²) in [6.07, 6.45) is 5.29. The van der Waals surface area contributed by atoms with Gasteiger partial charge >= 0.3 is 11.8 Å². The SMILES string of the molecule is CCC(C)(C)C1CCC(NC(=O)C(=O)NCc2ccc(OC)cc2)CC1. The number of rotatable bonds is 6. The lowest BCUT2D eigenvalue weighted by Crippen LogP contribution is -2.46. The molecule has 5 heteroatoms. The summed E-state index contributed by atoms with van der Waals surface area (Å²) in [4.78, 5) is 24.2. The van der Waals surface area contributed by atoms with Crippen LogP contribution in [-0.2, 0) is 16.1 Å². The van der Waals surface area contributed by atoms with E-state index in [9.17, 15) is 9.59 Å². The third kappa shape index (κ3) is 5.48. The Bertz CT molecular complexity index is 602. The molecule has 2 rings (SSSR count). The molecular weight excluding hydrogens is 328 g/mol. The van der Waals surface area contributed by atoms with Crippen LogP contribution in [0.2, 0.25) is 0 Å². The Morgan fingerprint density at radius 1 is 1.08 bits per heavy atom. The highest BCUT2D eigenvalue weighted by molar-refractivity contribution is 6.35. The second kappa shape index (κ2) is 9.06. The van der Waals surface area contributed by atoms with E-state index in [-0.39, 0.29) is 6.04 Å². The van der Waals surface area contributed by atoms with Crippen LogP contribution in [0.4, 0.5) is 0 Å². The molecule has 0 atom stereocenters. The molecule has 2 amide bonds. The van der Waals surface area contributed by atoms with Crippen LogP contribution in [0.15, 0.2) is 24.3 Å². The van der Waals surface area contributed by atoms with E-state index in [1.165, 1.54) is 6.42 Å². The van der Waals surface area contributed by atoms with Crippen LogP contribution in [0.5, 0.6) is 5.75 Å². The molecule has 0 aliphatic heterocycles. The molecule has 2 N–H and O–H groups in total. The average molecular weight is 360 g/mol. The Morgan fingerprint density at radius 3 is 2.23 bits per heavy atom. The summed E-state index contributed by atoms with van der Waals surface area (Å²) in [5.74, 6) is 0.359. The highest BCUT2D eigenvalue weighted by Gasteiger charge is 2.32. The molecule has 26 heavy (non-hydrogen) atoms. The zero-order valence-corrected chi connectivity index (χ0v) is 16.4. The van der Waals surface area contributed by atoms with Crippen molar-refractivity contribution in [3.8, 4) is 5.75 Å². The van der Waals surface area contributed by atoms with Gasteiger partial charge in [-0.15, -0.1) is 0 Å². The molecule has 0 heterocycles. The number of hydrogen-bond acceptors (Lipinski definition) is 3. The fourth-order valence-corrected chi connectivity index (χ4v) is 3.56. The van der Waals surface area contributed by atoms with Crippen LogP contribution < -0.4 is 15.4 Å². The Labute approximate surface area is 156 Å². The predicted octanol–water partition coefficient (Wildman–Crippen LogP) is 3.42. The van der Waals surface area contributed by atoms with Gasteiger partial charge in [-0.05, 0) is 54.7 Å². The third-order valence-electron chi connectivity index (χ3n) is 5.90. The number of nitrogens with one attached hydrogen (secondary N) is 2. The summed E-state index contributed by atoms with van der Waals surface area (Å²) < 4.78 is 5.10. The van der Waals surface area contributed by atoms with Gasteiger partial charge in [0.1, 0.15) is 5.75 Å². The first kappa shape index (κ1) is 20.3. The average Bonchev–Trinajstić information content (AvgIpc) is 2.66. The van der Waals surface area contributed by atoms with Crippen molar-refractivity contribution in [3.05, 3.63) is 29.8 Å². The van der Waals surface area contributed by atoms with Crippen LogP contribution >= 0.6 is 0 Å². The van der Waals surface area contributed by atoms with E-state index in [2.05, 4.69) is 31.4 Å². The van der Waals surface area contributed by atoms with Gasteiger partial charge in [-0.2, -0.15) is 0 Å². The second-order valence-electron chi connectivity index (χ2n) is 7.89. The Kier molecular flexibility index (Phi) is 7.06. The molecule has 0 bridgehead atoms. The molecule has 1 saturated carbocycles. The maximum Gasteiger partial charge on any atom is 0.309 e. The fraction of sp³-hybridized carbons (Fsp3) is 0.619. The minimum absolute atomic E-state index is 0.109. The maximum atomic E-state index is 12.1. The lowest BCUT2D eigenvalue weighted by atomic mass is 9.69. The van der Waals surface area contributed by atoms with Crippen LogP contribution in [-0.4, -0.2) is 25.0 Å². The zero-order chi connectivity index (χ0) is 19.2. The summed E-state index contributed by atoms with van der Waals surface area (Å²) >= 11 is 0. The molecule has 1 fully saturated rings. The molecule has 144 valence electrons. The number of benzene rings is 1. The lowest BCUT2D eigenvalue weighted by Gasteiger charge is -2.39. The highest BCUT2D eigenvalue weighted by atomic mass is 16.5. The molecule has 0 saturated heterocycles. The number of amides is 2. The van der Waals surface area contributed by atoms with E-state index in [4.69, 9.17) is 4.74 Å². The second-order valence-corrected chi connectivity index (χ2v) is 7.89. The molecule has 1 aliphatic rings. The van der Waals surface area contributed by atoms with Crippen molar-refractivity contribution < 1.29 is 14.3 Å². The topological polar surface area (TPSA) is 67.4 Å². The Balaban J connectivity index is 1.74. The number of hydrogen-bond donors (Lipinski definition) is 2. The first-order chi connectivity index (χ1) is 12.4. The van der Waals surface area contributed by atoms with Crippen LogP contribution in [0.1, 0.15) is 58.4 Å². The van der Waals surface area contributed by atoms with Gasteiger partial charge in [0.25, 0.3) is 0 Å². The Morgan fingerprint density at radius 2 is 1.69 bits per heavy atom. The maximum absolute atomic E-state index is 12.1. The number of ether oxygens (including phenoxy) is 1. The van der Waals surface area contributed by atoms with E-state index in [1.807, 2.05) is 24.3 Å². The molecule has 1 aliphatic carbocycles. The molecule has 0 spiro atoms. The Hall–Kier alpha value is -2.04. The normalized spacial score (nSPS) is 20.3. The van der Waals surface area contributed by atoms with E-state index >= 15 is 0 Å². The van der Waals surface area contributed by atoms with Gasteiger partial charge in [0.15, 0.2) is 0 Å². The van der Waals surface area contributed by atoms with Crippen molar-refractivity contribution in [1.82, 2.24) is 10.6 Å². The van der Waals surface area contributed by atoms with E-state index < -0.39 is 11.8 Å². The smallest absolute Gasteiger partial charge is 0.309 e.